The summed E-state index contributed by atoms with van der Waals surface area (Å²) in [6.45, 7) is 2.15. The number of carboxylic acid groups (broad SMARTS) is 1. The van der Waals surface area contributed by atoms with Gasteiger partial charge in [-0.1, -0.05) is 62.6 Å². The fraction of sp³-hybridized carbons (Fsp3) is 0.478. The lowest BCUT2D eigenvalue weighted by atomic mass is 10.1. The molecule has 5 N–H and O–H groups in total. The first-order valence-corrected chi connectivity index (χ1v) is 11.1. The lowest BCUT2D eigenvalue weighted by Gasteiger charge is -1.98. The van der Waals surface area contributed by atoms with E-state index in [4.69, 9.17) is 5.11 Å². The molecular weight excluding hydrogens is 412 g/mol. The van der Waals surface area contributed by atoms with Crippen molar-refractivity contribution >= 4 is 17.1 Å². The molecule has 0 aromatic carbocycles. The van der Waals surface area contributed by atoms with Gasteiger partial charge in [0.2, 0.25) is 0 Å². The number of imidazole rings is 1. The maximum Gasteiger partial charge on any atom is 0.327 e. The second-order valence-corrected chi connectivity index (χ2v) is 7.23. The maximum absolute atomic E-state index is 10.9. The zero-order chi connectivity index (χ0) is 23.6. The number of carbonyl (C=O) groups is 1. The first-order valence-electron chi connectivity index (χ1n) is 11.1. The summed E-state index contributed by atoms with van der Waals surface area (Å²) in [4.78, 5) is 51.3. The molecule has 176 valence electrons. The molecule has 0 saturated carbocycles. The van der Waals surface area contributed by atoms with Crippen molar-refractivity contribution in [3.05, 3.63) is 67.8 Å². The Morgan fingerprint density at radius 3 is 1.97 bits per heavy atom. The van der Waals surface area contributed by atoms with E-state index in [1.165, 1.54) is 12.8 Å². The summed E-state index contributed by atoms with van der Waals surface area (Å²) in [7, 11) is 0. The quantitative estimate of drug-likeness (QED) is 0.233. The molecular formula is C23H34N4O5. The van der Waals surface area contributed by atoms with E-state index in [2.05, 4.69) is 58.3 Å². The molecule has 9 heteroatoms. The maximum atomic E-state index is 10.9. The zero-order valence-electron chi connectivity index (χ0n) is 18.6. The van der Waals surface area contributed by atoms with Gasteiger partial charge in [-0.05, 0) is 38.5 Å². The van der Waals surface area contributed by atoms with Crippen molar-refractivity contribution < 1.29 is 9.90 Å². The van der Waals surface area contributed by atoms with Crippen LogP contribution in [0.15, 0.2) is 50.8 Å². The van der Waals surface area contributed by atoms with Crippen molar-refractivity contribution in [1.29, 1.82) is 0 Å². The largest absolute Gasteiger partial charge is 0.481 e. The van der Waals surface area contributed by atoms with Gasteiger partial charge < -0.3 is 5.11 Å². The molecule has 2 aromatic heterocycles. The molecule has 9 nitrogen and oxygen atoms in total. The number of aliphatic carboxylic acids is 1. The SMILES string of the molecule is CC/C=C\C/C=C\C/C=C\CCCCCCCC(=O)O.O=c1[nH]c(=O)c2[nH]c(=O)[nH]c2[nH]1. The Balaban J connectivity index is 0.000000357. The minimum absolute atomic E-state index is 0.0413. The van der Waals surface area contributed by atoms with E-state index in [1.54, 1.807) is 0 Å². The highest BCUT2D eigenvalue weighted by Crippen LogP contribution is 2.07. The van der Waals surface area contributed by atoms with E-state index in [0.29, 0.717) is 6.42 Å². The average molecular weight is 447 g/mol. The number of H-pyrrole nitrogens is 4. The van der Waals surface area contributed by atoms with E-state index < -0.39 is 22.9 Å². The fourth-order valence-corrected chi connectivity index (χ4v) is 2.85. The molecule has 0 bridgehead atoms. The minimum Gasteiger partial charge on any atom is -0.481 e. The van der Waals surface area contributed by atoms with Crippen LogP contribution in [0, 0.1) is 0 Å². The molecule has 0 aliphatic heterocycles. The highest BCUT2D eigenvalue weighted by Gasteiger charge is 2.02. The Labute approximate surface area is 186 Å². The van der Waals surface area contributed by atoms with Crippen LogP contribution >= 0.6 is 0 Å². The van der Waals surface area contributed by atoms with Crippen LogP contribution in [0.5, 0.6) is 0 Å². The van der Waals surface area contributed by atoms with Crippen LogP contribution in [0.3, 0.4) is 0 Å². The van der Waals surface area contributed by atoms with Crippen LogP contribution in [-0.2, 0) is 4.79 Å². The van der Waals surface area contributed by atoms with Gasteiger partial charge in [-0.15, -0.1) is 0 Å². The van der Waals surface area contributed by atoms with Crippen LogP contribution in [0.2, 0.25) is 0 Å². The minimum atomic E-state index is -0.675. The Morgan fingerprint density at radius 2 is 1.31 bits per heavy atom. The van der Waals surface area contributed by atoms with Crippen molar-refractivity contribution in [2.75, 3.05) is 0 Å². The Kier molecular flexibility index (Phi) is 13.6. The highest BCUT2D eigenvalue weighted by molar-refractivity contribution is 5.67. The van der Waals surface area contributed by atoms with Gasteiger partial charge in [0.05, 0.1) is 0 Å². The molecule has 0 aliphatic carbocycles. The Bertz CT molecular complexity index is 1050. The molecule has 0 atom stereocenters. The lowest BCUT2D eigenvalue weighted by Crippen LogP contribution is -2.21. The third-order valence-corrected chi connectivity index (χ3v) is 4.46. The fourth-order valence-electron chi connectivity index (χ4n) is 2.85. The van der Waals surface area contributed by atoms with Crippen molar-refractivity contribution in [1.82, 2.24) is 19.9 Å². The van der Waals surface area contributed by atoms with Gasteiger partial charge in [-0.25, -0.2) is 9.59 Å². The molecule has 0 saturated heterocycles. The average Bonchev–Trinajstić information content (AvgIpc) is 3.11. The number of aromatic nitrogens is 4. The van der Waals surface area contributed by atoms with Crippen LogP contribution in [0.4, 0.5) is 0 Å². The molecule has 0 amide bonds. The first-order chi connectivity index (χ1) is 15.4. The van der Waals surface area contributed by atoms with E-state index in [0.717, 1.165) is 44.9 Å². The molecule has 2 rings (SSSR count). The summed E-state index contributed by atoms with van der Waals surface area (Å²) in [5, 5.41) is 8.50. The number of rotatable bonds is 13. The van der Waals surface area contributed by atoms with Gasteiger partial charge in [-0.3, -0.25) is 29.5 Å². The second-order valence-electron chi connectivity index (χ2n) is 7.23. The molecule has 0 radical (unpaired) electrons. The van der Waals surface area contributed by atoms with Gasteiger partial charge in [0, 0.05) is 6.42 Å². The van der Waals surface area contributed by atoms with Crippen LogP contribution < -0.4 is 16.9 Å². The third kappa shape index (κ3) is 12.4. The number of unbranched alkanes of at least 4 members (excludes halogenated alkanes) is 5. The normalized spacial score (nSPS) is 11.5. The summed E-state index contributed by atoms with van der Waals surface area (Å²) in [5.74, 6) is -0.675. The van der Waals surface area contributed by atoms with Crippen molar-refractivity contribution in [3.63, 3.8) is 0 Å². The van der Waals surface area contributed by atoms with Crippen LogP contribution in [0.1, 0.15) is 71.1 Å². The van der Waals surface area contributed by atoms with E-state index in [-0.39, 0.29) is 11.2 Å². The van der Waals surface area contributed by atoms with Crippen molar-refractivity contribution in [3.8, 4) is 0 Å². The van der Waals surface area contributed by atoms with E-state index in [1.807, 2.05) is 4.98 Å². The standard InChI is InChI=1S/C18H30O2.C5H4N4O3/c1-2-3-4-5-6-7-8-9-10-11-12-13-14-15-16-17-18(19)20;10-3-1-2(7-4(11)6-1)8-5(12)9-3/h3-4,6-7,9-10H,2,5,8,11-17H2,1H3,(H,19,20);(H4,6,7,8,9,10,11,12)/b4-3-,7-6-,10-9-;. The summed E-state index contributed by atoms with van der Waals surface area (Å²) in [6.07, 6.45) is 23.4. The third-order valence-electron chi connectivity index (χ3n) is 4.46. The Hall–Kier alpha value is -3.36. The summed E-state index contributed by atoms with van der Waals surface area (Å²) >= 11 is 0. The van der Waals surface area contributed by atoms with Crippen LogP contribution in [-0.4, -0.2) is 31.0 Å². The van der Waals surface area contributed by atoms with E-state index >= 15 is 0 Å². The molecule has 0 spiro atoms. The number of hydrogen-bond acceptors (Lipinski definition) is 4. The summed E-state index contributed by atoms with van der Waals surface area (Å²) in [5.41, 5.74) is -1.65. The predicted octanol–water partition coefficient (Wildman–Crippen LogP) is 3.89. The molecule has 0 unspecified atom stereocenters. The van der Waals surface area contributed by atoms with Gasteiger partial charge in [0.1, 0.15) is 11.2 Å². The molecule has 32 heavy (non-hydrogen) atoms. The van der Waals surface area contributed by atoms with Crippen molar-refractivity contribution in [2.24, 2.45) is 0 Å². The monoisotopic (exact) mass is 446 g/mol. The lowest BCUT2D eigenvalue weighted by molar-refractivity contribution is -0.137. The smallest absolute Gasteiger partial charge is 0.327 e. The number of carboxylic acids is 1. The summed E-state index contributed by atoms with van der Waals surface area (Å²) in [6, 6.07) is 0. The Morgan fingerprint density at radius 1 is 0.750 bits per heavy atom. The highest BCUT2D eigenvalue weighted by atomic mass is 16.4. The van der Waals surface area contributed by atoms with Crippen LogP contribution in [0.25, 0.3) is 11.2 Å². The predicted molar refractivity (Wildman–Crippen MR) is 127 cm³/mol. The zero-order valence-corrected chi connectivity index (χ0v) is 18.6. The number of fused-ring (bicyclic) bond motifs is 1. The van der Waals surface area contributed by atoms with Gasteiger partial charge in [-0.2, -0.15) is 0 Å². The van der Waals surface area contributed by atoms with Gasteiger partial charge >= 0.3 is 17.3 Å². The molecule has 2 heterocycles. The number of nitrogens with one attached hydrogen (secondary N) is 4. The van der Waals surface area contributed by atoms with E-state index in [9.17, 15) is 19.2 Å². The number of hydrogen-bond donors (Lipinski definition) is 5. The van der Waals surface area contributed by atoms with Crippen molar-refractivity contribution in [2.45, 2.75) is 71.1 Å². The number of allylic oxidation sites excluding steroid dienone is 6. The molecule has 0 fully saturated rings. The summed E-state index contributed by atoms with van der Waals surface area (Å²) < 4.78 is 0. The topological polar surface area (TPSA) is 152 Å². The second kappa shape index (κ2) is 16.3. The molecule has 0 aliphatic rings. The number of aromatic amines is 4. The first kappa shape index (κ1) is 26.7. The van der Waals surface area contributed by atoms with Gasteiger partial charge in [0.15, 0.2) is 0 Å². The van der Waals surface area contributed by atoms with Gasteiger partial charge in [0.25, 0.3) is 5.56 Å². The molecule has 2 aromatic rings.